The zero-order valence-corrected chi connectivity index (χ0v) is 14.4. The lowest BCUT2D eigenvalue weighted by Gasteiger charge is -2.39. The largest absolute Gasteiger partial charge is 0.227 e. The van der Waals surface area contributed by atoms with Crippen molar-refractivity contribution in [2.45, 2.75) is 12.6 Å². The maximum atomic E-state index is 4.57. The maximum Gasteiger partial charge on any atom is 0.207 e. The van der Waals surface area contributed by atoms with Crippen molar-refractivity contribution in [1.29, 1.82) is 0 Å². The first-order chi connectivity index (χ1) is 11.7. The summed E-state index contributed by atoms with van der Waals surface area (Å²) in [6, 6.07) is 20.7. The first-order valence-electron chi connectivity index (χ1n) is 7.82. The number of aromatic nitrogens is 1. The molecule has 1 atom stereocenters. The van der Waals surface area contributed by atoms with Gasteiger partial charge in [-0.15, -0.1) is 16.9 Å². The SMILES string of the molecule is CN1NN(c2ccccc2)N(c2nccs2)C1(C)c1ccccc1. The number of anilines is 2. The van der Waals surface area contributed by atoms with Gasteiger partial charge in [-0.2, -0.15) is 10.1 Å². The average molecular weight is 337 g/mol. The van der Waals surface area contributed by atoms with Crippen LogP contribution in [0.5, 0.6) is 0 Å². The molecule has 1 unspecified atom stereocenters. The second-order valence-corrected chi connectivity index (χ2v) is 6.69. The molecule has 6 heteroatoms. The van der Waals surface area contributed by atoms with Gasteiger partial charge >= 0.3 is 0 Å². The second-order valence-electron chi connectivity index (χ2n) is 5.82. The van der Waals surface area contributed by atoms with Gasteiger partial charge in [-0.05, 0) is 24.6 Å². The summed E-state index contributed by atoms with van der Waals surface area (Å²) in [5.74, 6) is 0. The molecule has 1 N–H and O–H groups in total. The normalized spacial score (nSPS) is 21.4. The van der Waals surface area contributed by atoms with Crippen molar-refractivity contribution in [3.8, 4) is 0 Å². The number of hydrogen-bond acceptors (Lipinski definition) is 6. The minimum atomic E-state index is -0.408. The van der Waals surface area contributed by atoms with Crippen molar-refractivity contribution >= 4 is 22.2 Å². The number of hydrogen-bond donors (Lipinski definition) is 1. The Morgan fingerprint density at radius 2 is 1.67 bits per heavy atom. The molecule has 1 saturated heterocycles. The number of hydrazine groups is 3. The molecule has 1 aliphatic heterocycles. The molecule has 1 fully saturated rings. The zero-order valence-electron chi connectivity index (χ0n) is 13.6. The van der Waals surface area contributed by atoms with E-state index >= 15 is 0 Å². The number of nitrogens with one attached hydrogen (secondary N) is 1. The quantitative estimate of drug-likeness (QED) is 0.790. The Kier molecular flexibility index (Phi) is 3.72. The molecule has 0 saturated carbocycles. The fraction of sp³-hybridized carbons (Fsp3) is 0.167. The number of thiazole rings is 1. The van der Waals surface area contributed by atoms with Crippen molar-refractivity contribution in [3.63, 3.8) is 0 Å². The summed E-state index contributed by atoms with van der Waals surface area (Å²) in [6.07, 6.45) is 1.84. The summed E-state index contributed by atoms with van der Waals surface area (Å²) in [5, 5.41) is 9.29. The van der Waals surface area contributed by atoms with Gasteiger partial charge in [-0.3, -0.25) is 0 Å². The van der Waals surface area contributed by atoms with Crippen LogP contribution in [0.15, 0.2) is 72.2 Å². The Morgan fingerprint density at radius 1 is 1.00 bits per heavy atom. The molecule has 2 aromatic carbocycles. The molecule has 0 aliphatic carbocycles. The van der Waals surface area contributed by atoms with Gasteiger partial charge in [0.05, 0.1) is 5.69 Å². The third-order valence-corrected chi connectivity index (χ3v) is 5.18. The van der Waals surface area contributed by atoms with Crippen molar-refractivity contribution in [2.75, 3.05) is 17.2 Å². The molecule has 0 spiro atoms. The smallest absolute Gasteiger partial charge is 0.207 e. The molecule has 0 radical (unpaired) electrons. The molecule has 0 amide bonds. The topological polar surface area (TPSA) is 34.6 Å². The average Bonchev–Trinajstić information content (AvgIpc) is 3.24. The summed E-state index contributed by atoms with van der Waals surface area (Å²) in [7, 11) is 2.05. The third kappa shape index (κ3) is 2.27. The molecular weight excluding hydrogens is 318 g/mol. The van der Waals surface area contributed by atoms with E-state index in [4.69, 9.17) is 0 Å². The van der Waals surface area contributed by atoms with Crippen LogP contribution >= 0.6 is 11.3 Å². The zero-order chi connectivity index (χ0) is 16.6. The van der Waals surface area contributed by atoms with E-state index in [-0.39, 0.29) is 0 Å². The molecule has 3 aromatic rings. The summed E-state index contributed by atoms with van der Waals surface area (Å²) in [5.41, 5.74) is 5.29. The predicted octanol–water partition coefficient (Wildman–Crippen LogP) is 3.61. The molecule has 5 nitrogen and oxygen atoms in total. The van der Waals surface area contributed by atoms with E-state index in [1.807, 2.05) is 41.0 Å². The Morgan fingerprint density at radius 3 is 2.29 bits per heavy atom. The second kappa shape index (κ2) is 5.90. The Labute approximate surface area is 145 Å². The van der Waals surface area contributed by atoms with Crippen LogP contribution in [0, 0.1) is 0 Å². The van der Waals surface area contributed by atoms with Crippen molar-refractivity contribution < 1.29 is 0 Å². The van der Waals surface area contributed by atoms with Crippen LogP contribution in [0.4, 0.5) is 10.8 Å². The van der Waals surface area contributed by atoms with E-state index in [2.05, 4.69) is 70.9 Å². The summed E-state index contributed by atoms with van der Waals surface area (Å²) < 4.78 is 0. The van der Waals surface area contributed by atoms with Gasteiger partial charge in [0.1, 0.15) is 0 Å². The lowest BCUT2D eigenvalue weighted by Crippen LogP contribution is -2.50. The lowest BCUT2D eigenvalue weighted by molar-refractivity contribution is 0.144. The highest BCUT2D eigenvalue weighted by molar-refractivity contribution is 7.13. The molecule has 0 bridgehead atoms. The fourth-order valence-corrected chi connectivity index (χ4v) is 3.75. The highest BCUT2D eigenvalue weighted by atomic mass is 32.1. The highest BCUT2D eigenvalue weighted by Gasteiger charge is 2.49. The standard InChI is InChI=1S/C18H19N5S/c1-18(15-9-5-3-6-10-15)21(2)20-23(16-11-7-4-8-12-16)22(18)17-19-13-14-24-17/h3-14,20H,1-2H3. The first kappa shape index (κ1) is 15.1. The van der Waals surface area contributed by atoms with Gasteiger partial charge < -0.3 is 0 Å². The predicted molar refractivity (Wildman–Crippen MR) is 98.2 cm³/mol. The van der Waals surface area contributed by atoms with E-state index in [0.29, 0.717) is 0 Å². The van der Waals surface area contributed by atoms with E-state index in [1.165, 1.54) is 5.56 Å². The van der Waals surface area contributed by atoms with Gasteiger partial charge in [-0.1, -0.05) is 48.5 Å². The summed E-state index contributed by atoms with van der Waals surface area (Å²) in [6.45, 7) is 2.19. The first-order valence-corrected chi connectivity index (χ1v) is 8.69. The van der Waals surface area contributed by atoms with Crippen molar-refractivity contribution in [2.24, 2.45) is 0 Å². The van der Waals surface area contributed by atoms with E-state index < -0.39 is 5.66 Å². The van der Waals surface area contributed by atoms with Crippen LogP contribution in [0.25, 0.3) is 0 Å². The Hall–Kier alpha value is -2.41. The van der Waals surface area contributed by atoms with Crippen molar-refractivity contribution in [1.82, 2.24) is 15.5 Å². The maximum absolute atomic E-state index is 4.57. The Bertz CT molecular complexity index is 793. The van der Waals surface area contributed by atoms with Gasteiger partial charge in [-0.25, -0.2) is 9.99 Å². The van der Waals surface area contributed by atoms with Crippen LogP contribution in [-0.4, -0.2) is 17.0 Å². The van der Waals surface area contributed by atoms with E-state index in [0.717, 1.165) is 10.8 Å². The van der Waals surface area contributed by atoms with Crippen LogP contribution in [-0.2, 0) is 5.66 Å². The van der Waals surface area contributed by atoms with Gasteiger partial charge in [0.15, 0.2) is 5.66 Å². The lowest BCUT2D eigenvalue weighted by atomic mass is 10.0. The molecule has 24 heavy (non-hydrogen) atoms. The minimum absolute atomic E-state index is 0.408. The van der Waals surface area contributed by atoms with E-state index in [1.54, 1.807) is 11.3 Å². The Balaban J connectivity index is 1.87. The number of nitrogens with zero attached hydrogens (tertiary/aromatic N) is 4. The molecule has 1 aliphatic rings. The summed E-state index contributed by atoms with van der Waals surface area (Å²) in [4.78, 5) is 4.57. The van der Waals surface area contributed by atoms with Crippen LogP contribution in [0.2, 0.25) is 0 Å². The van der Waals surface area contributed by atoms with Gasteiger partial charge in [0.25, 0.3) is 0 Å². The third-order valence-electron chi connectivity index (χ3n) is 4.43. The van der Waals surface area contributed by atoms with Crippen LogP contribution < -0.4 is 15.7 Å². The molecular formula is C18H19N5S. The minimum Gasteiger partial charge on any atom is -0.227 e. The van der Waals surface area contributed by atoms with Crippen LogP contribution in [0.3, 0.4) is 0 Å². The van der Waals surface area contributed by atoms with E-state index in [9.17, 15) is 0 Å². The van der Waals surface area contributed by atoms with Gasteiger partial charge in [0, 0.05) is 18.6 Å². The number of para-hydroxylation sites is 1. The summed E-state index contributed by atoms with van der Waals surface area (Å²) >= 11 is 1.62. The van der Waals surface area contributed by atoms with Crippen molar-refractivity contribution in [3.05, 3.63) is 77.8 Å². The molecule has 122 valence electrons. The molecule has 2 heterocycles. The number of rotatable bonds is 3. The van der Waals surface area contributed by atoms with Gasteiger partial charge in [0.2, 0.25) is 5.13 Å². The monoisotopic (exact) mass is 337 g/mol. The fourth-order valence-electron chi connectivity index (χ4n) is 3.03. The molecule has 4 rings (SSSR count). The highest BCUT2D eigenvalue weighted by Crippen LogP contribution is 2.41. The molecule has 1 aromatic heterocycles. The van der Waals surface area contributed by atoms with Crippen LogP contribution in [0.1, 0.15) is 12.5 Å². The number of benzene rings is 2.